The van der Waals surface area contributed by atoms with E-state index in [4.69, 9.17) is 4.74 Å². The molecule has 3 aromatic carbocycles. The monoisotopic (exact) mass is 396 g/mol. The molecule has 0 aliphatic carbocycles. The standard InChI is InChI=1S/C22H24N2O3S/c1-3-27-21-12-14-22(15-13-21)28(25,26)24-20-10-8-19(9-11-20)23-16-18-7-5-4-6-17(18)2/h4-15,23-24H,3,16H2,1-2H3. The van der Waals surface area contributed by atoms with E-state index in [-0.39, 0.29) is 4.90 Å². The maximum absolute atomic E-state index is 12.5. The van der Waals surface area contributed by atoms with Gasteiger partial charge >= 0.3 is 0 Å². The molecule has 0 saturated carbocycles. The molecular formula is C22H24N2O3S. The summed E-state index contributed by atoms with van der Waals surface area (Å²) >= 11 is 0. The number of sulfonamides is 1. The van der Waals surface area contributed by atoms with Crippen LogP contribution in [0.5, 0.6) is 5.75 Å². The zero-order chi connectivity index (χ0) is 20.0. The summed E-state index contributed by atoms with van der Waals surface area (Å²) in [5, 5.41) is 3.35. The van der Waals surface area contributed by atoms with Crippen LogP contribution in [-0.4, -0.2) is 15.0 Å². The Morgan fingerprint density at radius 1 is 0.857 bits per heavy atom. The van der Waals surface area contributed by atoms with Gasteiger partial charge in [0.25, 0.3) is 10.0 Å². The average molecular weight is 397 g/mol. The predicted molar refractivity (Wildman–Crippen MR) is 113 cm³/mol. The number of nitrogens with one attached hydrogen (secondary N) is 2. The number of hydrogen-bond donors (Lipinski definition) is 2. The van der Waals surface area contributed by atoms with Gasteiger partial charge in [-0.1, -0.05) is 24.3 Å². The summed E-state index contributed by atoms with van der Waals surface area (Å²) in [6.45, 7) is 5.21. The first-order chi connectivity index (χ1) is 13.5. The van der Waals surface area contributed by atoms with Crippen molar-refractivity contribution in [1.82, 2.24) is 0 Å². The number of hydrogen-bond acceptors (Lipinski definition) is 4. The highest BCUT2D eigenvalue weighted by atomic mass is 32.2. The normalized spacial score (nSPS) is 11.1. The van der Waals surface area contributed by atoms with Crippen molar-refractivity contribution in [1.29, 1.82) is 0 Å². The Morgan fingerprint density at radius 3 is 2.14 bits per heavy atom. The first-order valence-electron chi connectivity index (χ1n) is 9.12. The van der Waals surface area contributed by atoms with Gasteiger partial charge in [-0.25, -0.2) is 8.42 Å². The SMILES string of the molecule is CCOc1ccc(S(=O)(=O)Nc2ccc(NCc3ccccc3C)cc2)cc1. The number of benzene rings is 3. The van der Waals surface area contributed by atoms with Gasteiger partial charge in [-0.05, 0) is 73.5 Å². The van der Waals surface area contributed by atoms with Crippen LogP contribution in [0.1, 0.15) is 18.1 Å². The Morgan fingerprint density at radius 2 is 1.50 bits per heavy atom. The van der Waals surface area contributed by atoms with Gasteiger partial charge in [0.15, 0.2) is 0 Å². The fourth-order valence-electron chi connectivity index (χ4n) is 2.76. The van der Waals surface area contributed by atoms with Gasteiger partial charge in [0.2, 0.25) is 0 Å². The van der Waals surface area contributed by atoms with Gasteiger partial charge in [-0.2, -0.15) is 0 Å². The van der Waals surface area contributed by atoms with E-state index in [0.717, 1.165) is 5.69 Å². The first-order valence-corrected chi connectivity index (χ1v) is 10.6. The molecule has 0 atom stereocenters. The summed E-state index contributed by atoms with van der Waals surface area (Å²) < 4.78 is 33.0. The molecule has 0 heterocycles. The van der Waals surface area contributed by atoms with Crippen LogP contribution in [0.15, 0.2) is 77.7 Å². The van der Waals surface area contributed by atoms with Crippen molar-refractivity contribution in [3.8, 4) is 5.75 Å². The summed E-state index contributed by atoms with van der Waals surface area (Å²) in [7, 11) is -3.64. The molecule has 0 amide bonds. The van der Waals surface area contributed by atoms with Crippen molar-refractivity contribution in [2.75, 3.05) is 16.6 Å². The third-order valence-corrected chi connectivity index (χ3v) is 5.72. The highest BCUT2D eigenvalue weighted by molar-refractivity contribution is 7.92. The molecule has 0 saturated heterocycles. The van der Waals surface area contributed by atoms with E-state index in [2.05, 4.69) is 29.1 Å². The Labute approximate surface area is 166 Å². The van der Waals surface area contributed by atoms with E-state index < -0.39 is 10.0 Å². The highest BCUT2D eigenvalue weighted by Gasteiger charge is 2.14. The second-order valence-electron chi connectivity index (χ2n) is 6.37. The first kappa shape index (κ1) is 19.8. The lowest BCUT2D eigenvalue weighted by atomic mass is 10.1. The number of aryl methyl sites for hydroxylation is 1. The Balaban J connectivity index is 1.63. The smallest absolute Gasteiger partial charge is 0.261 e. The van der Waals surface area contributed by atoms with E-state index in [0.29, 0.717) is 24.6 Å². The van der Waals surface area contributed by atoms with Crippen LogP contribution in [0, 0.1) is 6.92 Å². The maximum atomic E-state index is 12.5. The minimum atomic E-state index is -3.64. The predicted octanol–water partition coefficient (Wildman–Crippen LogP) is 4.81. The molecule has 3 aromatic rings. The van der Waals surface area contributed by atoms with Crippen LogP contribution in [0.2, 0.25) is 0 Å². The van der Waals surface area contributed by atoms with Gasteiger partial charge in [0.05, 0.1) is 11.5 Å². The van der Waals surface area contributed by atoms with Crippen LogP contribution in [0.25, 0.3) is 0 Å². The lowest BCUT2D eigenvalue weighted by molar-refractivity contribution is 0.340. The minimum Gasteiger partial charge on any atom is -0.494 e. The quantitative estimate of drug-likeness (QED) is 0.574. The molecule has 0 aliphatic rings. The second-order valence-corrected chi connectivity index (χ2v) is 8.05. The molecule has 0 aliphatic heterocycles. The van der Waals surface area contributed by atoms with E-state index in [1.54, 1.807) is 24.3 Å². The Kier molecular flexibility index (Phi) is 6.21. The second kappa shape index (κ2) is 8.80. The molecular weight excluding hydrogens is 372 g/mol. The molecule has 0 bridgehead atoms. The van der Waals surface area contributed by atoms with Crippen LogP contribution in [0.3, 0.4) is 0 Å². The van der Waals surface area contributed by atoms with Crippen molar-refractivity contribution in [3.05, 3.63) is 83.9 Å². The fourth-order valence-corrected chi connectivity index (χ4v) is 3.82. The van der Waals surface area contributed by atoms with Gasteiger partial charge in [-0.15, -0.1) is 0 Å². The van der Waals surface area contributed by atoms with Crippen molar-refractivity contribution >= 4 is 21.4 Å². The Bertz CT molecular complexity index is 1010. The molecule has 0 spiro atoms. The molecule has 0 fully saturated rings. The van der Waals surface area contributed by atoms with Gasteiger partial charge in [0, 0.05) is 17.9 Å². The molecule has 0 aromatic heterocycles. The lowest BCUT2D eigenvalue weighted by Crippen LogP contribution is -2.13. The zero-order valence-corrected chi connectivity index (χ0v) is 16.8. The minimum absolute atomic E-state index is 0.192. The van der Waals surface area contributed by atoms with Crippen LogP contribution >= 0.6 is 0 Å². The van der Waals surface area contributed by atoms with Gasteiger partial charge in [0.1, 0.15) is 5.75 Å². The van der Waals surface area contributed by atoms with E-state index in [1.807, 2.05) is 31.2 Å². The zero-order valence-electron chi connectivity index (χ0n) is 16.0. The van der Waals surface area contributed by atoms with E-state index in [1.165, 1.54) is 23.3 Å². The largest absolute Gasteiger partial charge is 0.494 e. The summed E-state index contributed by atoms with van der Waals surface area (Å²) in [5.74, 6) is 0.644. The molecule has 0 radical (unpaired) electrons. The van der Waals surface area contributed by atoms with Gasteiger partial charge < -0.3 is 10.1 Å². The maximum Gasteiger partial charge on any atom is 0.261 e. The Hall–Kier alpha value is -2.99. The molecule has 146 valence electrons. The van der Waals surface area contributed by atoms with Crippen molar-refractivity contribution < 1.29 is 13.2 Å². The lowest BCUT2D eigenvalue weighted by Gasteiger charge is -2.11. The molecule has 28 heavy (non-hydrogen) atoms. The average Bonchev–Trinajstić information content (AvgIpc) is 2.69. The van der Waals surface area contributed by atoms with Crippen molar-refractivity contribution in [3.63, 3.8) is 0 Å². The van der Waals surface area contributed by atoms with Gasteiger partial charge in [-0.3, -0.25) is 4.72 Å². The van der Waals surface area contributed by atoms with Crippen molar-refractivity contribution in [2.45, 2.75) is 25.3 Å². The van der Waals surface area contributed by atoms with E-state index >= 15 is 0 Å². The molecule has 6 heteroatoms. The summed E-state index contributed by atoms with van der Waals surface area (Å²) in [5.41, 5.74) is 3.89. The molecule has 5 nitrogen and oxygen atoms in total. The van der Waals surface area contributed by atoms with Crippen molar-refractivity contribution in [2.24, 2.45) is 0 Å². The summed E-state index contributed by atoms with van der Waals surface area (Å²) in [4.78, 5) is 0.192. The fraction of sp³-hybridized carbons (Fsp3) is 0.182. The summed E-state index contributed by atoms with van der Waals surface area (Å²) in [6, 6.07) is 21.8. The highest BCUT2D eigenvalue weighted by Crippen LogP contribution is 2.21. The van der Waals surface area contributed by atoms with Crippen LogP contribution in [0.4, 0.5) is 11.4 Å². The van der Waals surface area contributed by atoms with E-state index in [9.17, 15) is 8.42 Å². The number of rotatable bonds is 8. The number of anilines is 2. The third-order valence-electron chi connectivity index (χ3n) is 4.33. The number of ether oxygens (including phenoxy) is 1. The topological polar surface area (TPSA) is 67.4 Å². The van der Waals surface area contributed by atoms with Crippen LogP contribution in [-0.2, 0) is 16.6 Å². The summed E-state index contributed by atoms with van der Waals surface area (Å²) in [6.07, 6.45) is 0. The molecule has 2 N–H and O–H groups in total. The molecule has 0 unspecified atom stereocenters. The molecule has 3 rings (SSSR count). The third kappa shape index (κ3) is 5.04. The van der Waals surface area contributed by atoms with Crippen LogP contribution < -0.4 is 14.8 Å².